The summed E-state index contributed by atoms with van der Waals surface area (Å²) >= 11 is 5.90. The molecule has 2 aromatic rings. The lowest BCUT2D eigenvalue weighted by atomic mass is 10.2. The van der Waals surface area contributed by atoms with Gasteiger partial charge in [-0.25, -0.2) is 0 Å². The number of aryl methyl sites for hydroxylation is 2. The van der Waals surface area contributed by atoms with Crippen LogP contribution >= 0.6 is 11.6 Å². The van der Waals surface area contributed by atoms with Crippen molar-refractivity contribution in [2.45, 2.75) is 26.8 Å². The molecule has 1 N–H and O–H groups in total. The van der Waals surface area contributed by atoms with Gasteiger partial charge in [0.25, 0.3) is 5.69 Å². The molecule has 0 aliphatic heterocycles. The Morgan fingerprint density at radius 3 is 2.83 bits per heavy atom. The summed E-state index contributed by atoms with van der Waals surface area (Å²) in [5, 5.41) is 18.4. The standard InChI is InChI=1S/C15H17ClN4O4/c1-3-24-11-4-5-13(14(8-11)20(22)23)17-15(21)6-7-19-9-12(16)10(2)18-19/h4-5,8-9H,3,6-7H2,1-2H3,(H,17,21). The molecule has 2 rings (SSSR count). The molecule has 24 heavy (non-hydrogen) atoms. The lowest BCUT2D eigenvalue weighted by Gasteiger charge is -2.08. The van der Waals surface area contributed by atoms with Crippen molar-refractivity contribution in [2.75, 3.05) is 11.9 Å². The van der Waals surface area contributed by atoms with E-state index in [2.05, 4.69) is 10.4 Å². The Hall–Kier alpha value is -2.61. The Kier molecular flexibility index (Phi) is 5.75. The van der Waals surface area contributed by atoms with Crippen molar-refractivity contribution in [3.8, 4) is 5.75 Å². The number of amides is 1. The van der Waals surface area contributed by atoms with Crippen LogP contribution in [0.25, 0.3) is 0 Å². The van der Waals surface area contributed by atoms with E-state index in [0.29, 0.717) is 29.6 Å². The number of hydrogen-bond acceptors (Lipinski definition) is 5. The third-order valence-electron chi connectivity index (χ3n) is 3.21. The van der Waals surface area contributed by atoms with E-state index in [1.54, 1.807) is 30.8 Å². The number of nitro benzene ring substituents is 1. The van der Waals surface area contributed by atoms with E-state index < -0.39 is 4.92 Å². The molecule has 0 aliphatic rings. The Bertz CT molecular complexity index is 740. The highest BCUT2D eigenvalue weighted by Gasteiger charge is 2.17. The second kappa shape index (κ2) is 7.78. The van der Waals surface area contributed by atoms with Crippen molar-refractivity contribution in [1.29, 1.82) is 0 Å². The van der Waals surface area contributed by atoms with E-state index in [1.165, 1.54) is 12.1 Å². The Labute approximate surface area is 143 Å². The van der Waals surface area contributed by atoms with Crippen LogP contribution < -0.4 is 10.1 Å². The average Bonchev–Trinajstić information content (AvgIpc) is 2.85. The summed E-state index contributed by atoms with van der Waals surface area (Å²) in [6.07, 6.45) is 1.74. The lowest BCUT2D eigenvalue weighted by molar-refractivity contribution is -0.384. The second-order valence-corrected chi connectivity index (χ2v) is 5.40. The first-order valence-corrected chi connectivity index (χ1v) is 7.69. The number of benzene rings is 1. The number of aromatic nitrogens is 2. The molecular formula is C15H17ClN4O4. The molecule has 0 spiro atoms. The summed E-state index contributed by atoms with van der Waals surface area (Å²) in [6, 6.07) is 4.31. The molecule has 8 nitrogen and oxygen atoms in total. The zero-order valence-corrected chi connectivity index (χ0v) is 14.0. The summed E-state index contributed by atoms with van der Waals surface area (Å²) < 4.78 is 6.79. The van der Waals surface area contributed by atoms with Gasteiger partial charge in [-0.05, 0) is 26.0 Å². The van der Waals surface area contributed by atoms with E-state index in [-0.39, 0.29) is 23.7 Å². The van der Waals surface area contributed by atoms with Crippen LogP contribution in [-0.2, 0) is 11.3 Å². The largest absolute Gasteiger partial charge is 0.494 e. The monoisotopic (exact) mass is 352 g/mol. The lowest BCUT2D eigenvalue weighted by Crippen LogP contribution is -2.15. The molecular weight excluding hydrogens is 336 g/mol. The van der Waals surface area contributed by atoms with Gasteiger partial charge < -0.3 is 10.1 Å². The third-order valence-corrected chi connectivity index (χ3v) is 3.58. The fourth-order valence-electron chi connectivity index (χ4n) is 2.06. The predicted octanol–water partition coefficient (Wildman–Crippen LogP) is 3.18. The number of hydrogen-bond donors (Lipinski definition) is 1. The molecule has 1 aromatic carbocycles. The molecule has 9 heteroatoms. The first kappa shape index (κ1) is 17.7. The normalized spacial score (nSPS) is 10.5. The summed E-state index contributed by atoms with van der Waals surface area (Å²) in [5.74, 6) is 0.0235. The Morgan fingerprint density at radius 2 is 2.25 bits per heavy atom. The summed E-state index contributed by atoms with van der Waals surface area (Å²) in [6.45, 7) is 4.27. The molecule has 1 aromatic heterocycles. The number of rotatable bonds is 7. The fourth-order valence-corrected chi connectivity index (χ4v) is 2.21. The van der Waals surface area contributed by atoms with Gasteiger partial charge >= 0.3 is 0 Å². The Balaban J connectivity index is 2.03. The van der Waals surface area contributed by atoms with Gasteiger partial charge in [-0.3, -0.25) is 19.6 Å². The van der Waals surface area contributed by atoms with E-state index in [4.69, 9.17) is 16.3 Å². The number of carbonyl (C=O) groups excluding carboxylic acids is 1. The highest BCUT2D eigenvalue weighted by atomic mass is 35.5. The number of anilines is 1. The van der Waals surface area contributed by atoms with Gasteiger partial charge in [-0.1, -0.05) is 11.6 Å². The maximum atomic E-state index is 12.0. The van der Waals surface area contributed by atoms with Crippen molar-refractivity contribution >= 4 is 28.9 Å². The topological polar surface area (TPSA) is 99.3 Å². The molecule has 0 atom stereocenters. The minimum atomic E-state index is -0.561. The van der Waals surface area contributed by atoms with E-state index in [9.17, 15) is 14.9 Å². The first-order chi connectivity index (χ1) is 11.4. The van der Waals surface area contributed by atoms with Crippen molar-refractivity contribution in [2.24, 2.45) is 0 Å². The number of ether oxygens (including phenoxy) is 1. The summed E-state index contributed by atoms with van der Waals surface area (Å²) in [7, 11) is 0. The van der Waals surface area contributed by atoms with Gasteiger partial charge in [0.1, 0.15) is 11.4 Å². The quantitative estimate of drug-likeness (QED) is 0.609. The zero-order chi connectivity index (χ0) is 17.7. The van der Waals surface area contributed by atoms with Gasteiger partial charge in [0.15, 0.2) is 0 Å². The number of halogens is 1. The Morgan fingerprint density at radius 1 is 1.50 bits per heavy atom. The van der Waals surface area contributed by atoms with Crippen LogP contribution in [0.4, 0.5) is 11.4 Å². The van der Waals surface area contributed by atoms with Crippen LogP contribution in [0.5, 0.6) is 5.75 Å². The zero-order valence-electron chi connectivity index (χ0n) is 13.3. The van der Waals surface area contributed by atoms with Crippen molar-refractivity contribution in [1.82, 2.24) is 9.78 Å². The maximum Gasteiger partial charge on any atom is 0.296 e. The highest BCUT2D eigenvalue weighted by molar-refractivity contribution is 6.31. The van der Waals surface area contributed by atoms with Gasteiger partial charge in [0.2, 0.25) is 5.91 Å². The van der Waals surface area contributed by atoms with Crippen LogP contribution in [0.2, 0.25) is 5.02 Å². The maximum absolute atomic E-state index is 12.0. The molecule has 0 bridgehead atoms. The SMILES string of the molecule is CCOc1ccc(NC(=O)CCn2cc(Cl)c(C)n2)c([N+](=O)[O-])c1. The smallest absolute Gasteiger partial charge is 0.296 e. The van der Waals surface area contributed by atoms with Crippen LogP contribution in [0, 0.1) is 17.0 Å². The van der Waals surface area contributed by atoms with Crippen molar-refractivity contribution in [3.63, 3.8) is 0 Å². The van der Waals surface area contributed by atoms with Gasteiger partial charge in [0, 0.05) is 19.2 Å². The van der Waals surface area contributed by atoms with Crippen LogP contribution in [0.3, 0.4) is 0 Å². The van der Waals surface area contributed by atoms with E-state index in [0.717, 1.165) is 0 Å². The van der Waals surface area contributed by atoms with Gasteiger partial charge in [-0.2, -0.15) is 5.10 Å². The minimum absolute atomic E-state index is 0.113. The average molecular weight is 353 g/mol. The van der Waals surface area contributed by atoms with Crippen LogP contribution in [-0.4, -0.2) is 27.2 Å². The molecule has 0 saturated carbocycles. The van der Waals surface area contributed by atoms with Crippen molar-refractivity contribution < 1.29 is 14.5 Å². The highest BCUT2D eigenvalue weighted by Crippen LogP contribution is 2.29. The number of carbonyl (C=O) groups is 1. The fraction of sp³-hybridized carbons (Fsp3) is 0.333. The molecule has 0 saturated heterocycles. The predicted molar refractivity (Wildman–Crippen MR) is 89.5 cm³/mol. The molecule has 0 unspecified atom stereocenters. The van der Waals surface area contributed by atoms with Crippen molar-refractivity contribution in [3.05, 3.63) is 45.2 Å². The molecule has 128 valence electrons. The number of nitrogens with zero attached hydrogens (tertiary/aromatic N) is 3. The number of nitro groups is 1. The minimum Gasteiger partial charge on any atom is -0.494 e. The van der Waals surface area contributed by atoms with E-state index in [1.807, 2.05) is 0 Å². The summed E-state index contributed by atoms with van der Waals surface area (Å²) in [4.78, 5) is 22.6. The number of nitrogens with one attached hydrogen (secondary N) is 1. The van der Waals surface area contributed by atoms with Gasteiger partial charge in [0.05, 0.1) is 28.3 Å². The summed E-state index contributed by atoms with van der Waals surface area (Å²) in [5.41, 5.74) is 0.592. The third kappa shape index (κ3) is 4.45. The molecule has 1 heterocycles. The van der Waals surface area contributed by atoms with Gasteiger partial charge in [-0.15, -0.1) is 0 Å². The molecule has 0 aliphatic carbocycles. The van der Waals surface area contributed by atoms with E-state index >= 15 is 0 Å². The molecule has 0 radical (unpaired) electrons. The molecule has 1 amide bonds. The van der Waals surface area contributed by atoms with Crippen LogP contribution in [0.15, 0.2) is 24.4 Å². The molecule has 0 fully saturated rings. The second-order valence-electron chi connectivity index (χ2n) is 4.99. The first-order valence-electron chi connectivity index (χ1n) is 7.31. The van der Waals surface area contributed by atoms with Crippen LogP contribution in [0.1, 0.15) is 19.0 Å².